The Bertz CT molecular complexity index is 188. The van der Waals surface area contributed by atoms with Crippen molar-refractivity contribution in [3.05, 3.63) is 5.82 Å². The molecule has 10 heavy (non-hydrogen) atoms. The van der Waals surface area contributed by atoms with Crippen molar-refractivity contribution in [1.82, 2.24) is 25.9 Å². The lowest BCUT2D eigenvalue weighted by molar-refractivity contribution is 0.704. The number of H-pyrrole nitrogens is 1. The zero-order valence-corrected chi connectivity index (χ0v) is 5.54. The summed E-state index contributed by atoms with van der Waals surface area (Å²) in [5, 5.41) is 17.0. The van der Waals surface area contributed by atoms with E-state index in [-0.39, 0.29) is 0 Å². The molecule has 0 radical (unpaired) electrons. The van der Waals surface area contributed by atoms with Gasteiger partial charge in [0, 0.05) is 12.5 Å². The van der Waals surface area contributed by atoms with Gasteiger partial charge >= 0.3 is 0 Å². The van der Waals surface area contributed by atoms with E-state index in [0.717, 1.165) is 25.3 Å². The van der Waals surface area contributed by atoms with E-state index in [4.69, 9.17) is 0 Å². The lowest BCUT2D eigenvalue weighted by Gasteiger charge is -1.97. The van der Waals surface area contributed by atoms with Crippen LogP contribution in [0.15, 0.2) is 0 Å². The van der Waals surface area contributed by atoms with Gasteiger partial charge in [0.05, 0.1) is 0 Å². The Hall–Kier alpha value is -0.970. The molecular formula is C5H9N5. The van der Waals surface area contributed by atoms with Gasteiger partial charge in [-0.3, -0.25) is 0 Å². The number of tetrazole rings is 1. The molecule has 1 atom stereocenters. The Kier molecular flexibility index (Phi) is 1.35. The highest BCUT2D eigenvalue weighted by Crippen LogP contribution is 2.16. The van der Waals surface area contributed by atoms with Crippen LogP contribution in [0.5, 0.6) is 0 Å². The molecular weight excluding hydrogens is 130 g/mol. The second kappa shape index (κ2) is 2.34. The van der Waals surface area contributed by atoms with Gasteiger partial charge < -0.3 is 5.32 Å². The molecule has 0 bridgehead atoms. The maximum atomic E-state index is 3.91. The third-order valence-electron chi connectivity index (χ3n) is 1.79. The van der Waals surface area contributed by atoms with E-state index in [0.29, 0.717) is 5.92 Å². The monoisotopic (exact) mass is 139 g/mol. The van der Waals surface area contributed by atoms with Gasteiger partial charge in [-0.25, -0.2) is 0 Å². The van der Waals surface area contributed by atoms with Crippen LogP contribution in [0.25, 0.3) is 0 Å². The minimum Gasteiger partial charge on any atom is -0.316 e. The van der Waals surface area contributed by atoms with Crippen molar-refractivity contribution in [2.75, 3.05) is 13.1 Å². The van der Waals surface area contributed by atoms with Crippen molar-refractivity contribution in [3.63, 3.8) is 0 Å². The first-order valence-corrected chi connectivity index (χ1v) is 3.41. The van der Waals surface area contributed by atoms with Crippen LogP contribution < -0.4 is 5.32 Å². The Balaban J connectivity index is 2.12. The van der Waals surface area contributed by atoms with Gasteiger partial charge in [-0.15, -0.1) is 10.2 Å². The van der Waals surface area contributed by atoms with Crippen molar-refractivity contribution >= 4 is 0 Å². The molecule has 2 heterocycles. The molecule has 1 aliphatic rings. The summed E-state index contributed by atoms with van der Waals surface area (Å²) >= 11 is 0. The normalized spacial score (nSPS) is 25.4. The van der Waals surface area contributed by atoms with E-state index in [1.807, 2.05) is 0 Å². The minimum atomic E-state index is 0.471. The Morgan fingerprint density at radius 3 is 3.10 bits per heavy atom. The SMILES string of the molecule is C1C[C@H](c2nn[nH]n2)CN1. The average molecular weight is 139 g/mol. The molecule has 1 aromatic heterocycles. The molecule has 2 rings (SSSR count). The maximum absolute atomic E-state index is 3.91. The summed E-state index contributed by atoms with van der Waals surface area (Å²) in [5.41, 5.74) is 0. The average Bonchev–Trinajstić information content (AvgIpc) is 2.59. The largest absolute Gasteiger partial charge is 0.316 e. The predicted octanol–water partition coefficient (Wildman–Crippen LogP) is -0.723. The Morgan fingerprint density at radius 1 is 1.50 bits per heavy atom. The lowest BCUT2D eigenvalue weighted by atomic mass is 10.1. The first kappa shape index (κ1) is 5.79. The van der Waals surface area contributed by atoms with Crippen LogP contribution >= 0.6 is 0 Å². The quantitative estimate of drug-likeness (QED) is 0.538. The number of aromatic amines is 1. The smallest absolute Gasteiger partial charge is 0.178 e. The fraction of sp³-hybridized carbons (Fsp3) is 0.800. The van der Waals surface area contributed by atoms with E-state index in [2.05, 4.69) is 25.9 Å². The second-order valence-electron chi connectivity index (χ2n) is 2.46. The topological polar surface area (TPSA) is 66.5 Å². The molecule has 0 spiro atoms. The van der Waals surface area contributed by atoms with E-state index >= 15 is 0 Å². The molecule has 0 amide bonds. The maximum Gasteiger partial charge on any atom is 0.178 e. The number of hydrogen-bond donors (Lipinski definition) is 2. The summed E-state index contributed by atoms with van der Waals surface area (Å²) in [7, 11) is 0. The van der Waals surface area contributed by atoms with E-state index < -0.39 is 0 Å². The number of rotatable bonds is 1. The summed E-state index contributed by atoms with van der Waals surface area (Å²) in [5.74, 6) is 1.31. The first-order valence-electron chi connectivity index (χ1n) is 3.41. The zero-order chi connectivity index (χ0) is 6.81. The van der Waals surface area contributed by atoms with Gasteiger partial charge in [-0.2, -0.15) is 5.21 Å². The van der Waals surface area contributed by atoms with Crippen molar-refractivity contribution in [3.8, 4) is 0 Å². The predicted molar refractivity (Wildman–Crippen MR) is 34.4 cm³/mol. The highest BCUT2D eigenvalue weighted by Gasteiger charge is 2.19. The minimum absolute atomic E-state index is 0.471. The first-order chi connectivity index (χ1) is 4.97. The number of nitrogens with one attached hydrogen (secondary N) is 2. The van der Waals surface area contributed by atoms with Gasteiger partial charge in [-0.1, -0.05) is 5.21 Å². The summed E-state index contributed by atoms with van der Waals surface area (Å²) in [4.78, 5) is 0. The Morgan fingerprint density at radius 2 is 2.50 bits per heavy atom. The third-order valence-corrected chi connectivity index (χ3v) is 1.79. The van der Waals surface area contributed by atoms with Gasteiger partial charge in [-0.05, 0) is 13.0 Å². The van der Waals surface area contributed by atoms with Crippen LogP contribution in [0.3, 0.4) is 0 Å². The molecule has 1 aliphatic heterocycles. The molecule has 5 nitrogen and oxygen atoms in total. The van der Waals surface area contributed by atoms with Gasteiger partial charge in [0.1, 0.15) is 0 Å². The number of nitrogens with zero attached hydrogens (tertiary/aromatic N) is 3. The van der Waals surface area contributed by atoms with Crippen molar-refractivity contribution in [2.24, 2.45) is 0 Å². The fourth-order valence-corrected chi connectivity index (χ4v) is 1.22. The lowest BCUT2D eigenvalue weighted by Crippen LogP contribution is -2.08. The van der Waals surface area contributed by atoms with Crippen LogP contribution in [-0.4, -0.2) is 33.7 Å². The van der Waals surface area contributed by atoms with Crippen molar-refractivity contribution < 1.29 is 0 Å². The van der Waals surface area contributed by atoms with Crippen LogP contribution in [0.4, 0.5) is 0 Å². The Labute approximate surface area is 58.2 Å². The van der Waals surface area contributed by atoms with Gasteiger partial charge in [0.15, 0.2) is 5.82 Å². The molecule has 5 heteroatoms. The van der Waals surface area contributed by atoms with Crippen LogP contribution in [0.1, 0.15) is 18.2 Å². The summed E-state index contributed by atoms with van der Waals surface area (Å²) in [6, 6.07) is 0. The molecule has 0 aromatic carbocycles. The van der Waals surface area contributed by atoms with Crippen LogP contribution in [0, 0.1) is 0 Å². The molecule has 0 unspecified atom stereocenters. The summed E-state index contributed by atoms with van der Waals surface area (Å²) in [6.07, 6.45) is 1.12. The van der Waals surface area contributed by atoms with E-state index in [1.54, 1.807) is 0 Å². The fourth-order valence-electron chi connectivity index (χ4n) is 1.22. The van der Waals surface area contributed by atoms with Gasteiger partial charge in [0.2, 0.25) is 0 Å². The van der Waals surface area contributed by atoms with Crippen LogP contribution in [0.2, 0.25) is 0 Å². The highest BCUT2D eigenvalue weighted by molar-refractivity contribution is 4.95. The standard InChI is InChI=1S/C5H9N5/c1-2-6-3-4(1)5-7-9-10-8-5/h4,6H,1-3H2,(H,7,8,9,10)/t4-/m0/s1. The van der Waals surface area contributed by atoms with Crippen LogP contribution in [-0.2, 0) is 0 Å². The van der Waals surface area contributed by atoms with E-state index in [9.17, 15) is 0 Å². The molecule has 1 saturated heterocycles. The van der Waals surface area contributed by atoms with E-state index in [1.165, 1.54) is 0 Å². The zero-order valence-electron chi connectivity index (χ0n) is 5.54. The van der Waals surface area contributed by atoms with Gasteiger partial charge in [0.25, 0.3) is 0 Å². The molecule has 0 saturated carbocycles. The summed E-state index contributed by atoms with van der Waals surface area (Å²) in [6.45, 7) is 2.05. The molecule has 1 fully saturated rings. The number of aromatic nitrogens is 4. The third kappa shape index (κ3) is 0.881. The number of hydrogen-bond acceptors (Lipinski definition) is 4. The van der Waals surface area contributed by atoms with Crippen molar-refractivity contribution in [2.45, 2.75) is 12.3 Å². The summed E-state index contributed by atoms with van der Waals surface area (Å²) < 4.78 is 0. The van der Waals surface area contributed by atoms with Crippen molar-refractivity contribution in [1.29, 1.82) is 0 Å². The molecule has 2 N–H and O–H groups in total. The highest BCUT2D eigenvalue weighted by atomic mass is 15.5. The molecule has 1 aromatic rings. The second-order valence-corrected chi connectivity index (χ2v) is 2.46. The molecule has 54 valence electrons. The molecule has 0 aliphatic carbocycles.